The average Bonchev–Trinajstić information content (AvgIpc) is 2.23. The monoisotopic (exact) mass is 261 g/mol. The lowest BCUT2D eigenvalue weighted by atomic mass is 10.0. The van der Waals surface area contributed by atoms with Crippen LogP contribution < -0.4 is 5.32 Å². The van der Waals surface area contributed by atoms with Gasteiger partial charge in [-0.25, -0.2) is 13.2 Å². The number of halogens is 3. The second-order valence-corrected chi connectivity index (χ2v) is 4.25. The topological polar surface area (TPSA) is 49.3 Å². The van der Waals surface area contributed by atoms with Gasteiger partial charge in [0.15, 0.2) is 0 Å². The molecule has 0 aromatic heterocycles. The summed E-state index contributed by atoms with van der Waals surface area (Å²) in [6, 6.07) is 0.240. The van der Waals surface area contributed by atoms with E-state index < -0.39 is 35.0 Å². The lowest BCUT2D eigenvalue weighted by Crippen LogP contribution is -2.41. The Morgan fingerprint density at radius 1 is 1.28 bits per heavy atom. The molecule has 0 fully saturated rings. The number of hydrogen-bond donors (Lipinski definition) is 2. The molecule has 18 heavy (non-hydrogen) atoms. The molecule has 0 saturated heterocycles. The summed E-state index contributed by atoms with van der Waals surface area (Å²) < 4.78 is 39.3. The molecule has 0 spiro atoms. The van der Waals surface area contributed by atoms with Gasteiger partial charge in [0.25, 0.3) is 5.91 Å². The Balaban J connectivity index is 2.98. The number of hydrogen-bond acceptors (Lipinski definition) is 2. The number of amides is 1. The summed E-state index contributed by atoms with van der Waals surface area (Å²) in [7, 11) is 0. The Bertz CT molecular complexity index is 426. The molecule has 6 heteroatoms. The van der Waals surface area contributed by atoms with Crippen LogP contribution in [0.1, 0.15) is 24.2 Å². The van der Waals surface area contributed by atoms with Gasteiger partial charge in [-0.2, -0.15) is 0 Å². The van der Waals surface area contributed by atoms with Gasteiger partial charge in [-0.05, 0) is 5.92 Å². The van der Waals surface area contributed by atoms with Gasteiger partial charge in [-0.1, -0.05) is 13.8 Å². The normalized spacial score (nSPS) is 12.6. The molecule has 2 N–H and O–H groups in total. The van der Waals surface area contributed by atoms with E-state index in [0.717, 1.165) is 0 Å². The first-order valence-electron chi connectivity index (χ1n) is 5.43. The largest absolute Gasteiger partial charge is 0.394 e. The summed E-state index contributed by atoms with van der Waals surface area (Å²) in [4.78, 5) is 11.6. The predicted octanol–water partition coefficient (Wildman–Crippen LogP) is 1.85. The number of aliphatic hydroxyl groups excluding tert-OH is 1. The van der Waals surface area contributed by atoms with Gasteiger partial charge >= 0.3 is 0 Å². The molecule has 0 radical (unpaired) electrons. The Hall–Kier alpha value is -1.56. The fourth-order valence-electron chi connectivity index (χ4n) is 1.42. The van der Waals surface area contributed by atoms with Crippen LogP contribution in [0.15, 0.2) is 12.1 Å². The van der Waals surface area contributed by atoms with Gasteiger partial charge in [-0.15, -0.1) is 0 Å². The Morgan fingerprint density at radius 2 is 1.78 bits per heavy atom. The SMILES string of the molecule is CC(C)C(CO)NC(=O)c1c(F)cc(F)cc1F. The van der Waals surface area contributed by atoms with E-state index in [1.165, 1.54) is 0 Å². The molecule has 1 aromatic carbocycles. The third-order valence-electron chi connectivity index (χ3n) is 2.55. The maximum atomic E-state index is 13.3. The molecule has 100 valence electrons. The Kier molecular flexibility index (Phi) is 4.72. The minimum atomic E-state index is -1.27. The molecule has 1 aromatic rings. The first-order valence-corrected chi connectivity index (χ1v) is 5.43. The summed E-state index contributed by atoms with van der Waals surface area (Å²) in [5.41, 5.74) is -0.851. The third kappa shape index (κ3) is 3.22. The van der Waals surface area contributed by atoms with Gasteiger partial charge in [0, 0.05) is 12.1 Å². The predicted molar refractivity (Wildman–Crippen MR) is 59.5 cm³/mol. The van der Waals surface area contributed by atoms with E-state index in [1.807, 2.05) is 0 Å². The molecule has 1 rings (SSSR count). The summed E-state index contributed by atoms with van der Waals surface area (Å²) in [6.07, 6.45) is 0. The van der Waals surface area contributed by atoms with E-state index in [2.05, 4.69) is 5.32 Å². The van der Waals surface area contributed by atoms with Crippen LogP contribution in [-0.2, 0) is 0 Å². The molecule has 1 unspecified atom stereocenters. The minimum absolute atomic E-state index is 0.106. The highest BCUT2D eigenvalue weighted by molar-refractivity contribution is 5.94. The second kappa shape index (κ2) is 5.86. The van der Waals surface area contributed by atoms with Crippen LogP contribution in [0.4, 0.5) is 13.2 Å². The summed E-state index contributed by atoms with van der Waals surface area (Å²) in [5.74, 6) is -4.76. The van der Waals surface area contributed by atoms with Crippen molar-refractivity contribution in [1.82, 2.24) is 5.32 Å². The fourth-order valence-corrected chi connectivity index (χ4v) is 1.42. The van der Waals surface area contributed by atoms with Gasteiger partial charge in [-0.3, -0.25) is 4.79 Å². The van der Waals surface area contributed by atoms with Crippen LogP contribution in [-0.4, -0.2) is 23.7 Å². The van der Waals surface area contributed by atoms with Gasteiger partial charge < -0.3 is 10.4 Å². The third-order valence-corrected chi connectivity index (χ3v) is 2.55. The van der Waals surface area contributed by atoms with E-state index in [-0.39, 0.29) is 12.5 Å². The average molecular weight is 261 g/mol. The first kappa shape index (κ1) is 14.5. The van der Waals surface area contributed by atoms with Gasteiger partial charge in [0.05, 0.1) is 12.6 Å². The summed E-state index contributed by atoms with van der Waals surface area (Å²) in [5, 5.41) is 11.3. The molecule has 3 nitrogen and oxygen atoms in total. The highest BCUT2D eigenvalue weighted by Crippen LogP contribution is 2.15. The summed E-state index contributed by atoms with van der Waals surface area (Å²) in [6.45, 7) is 3.12. The van der Waals surface area contributed by atoms with Crippen molar-refractivity contribution < 1.29 is 23.1 Å². The lowest BCUT2D eigenvalue weighted by molar-refractivity contribution is 0.0888. The Morgan fingerprint density at radius 3 is 2.17 bits per heavy atom. The first-order chi connectivity index (χ1) is 8.36. The van der Waals surface area contributed by atoms with Crippen molar-refractivity contribution in [2.24, 2.45) is 5.92 Å². The Labute approximate surface area is 103 Å². The van der Waals surface area contributed by atoms with Crippen molar-refractivity contribution in [3.63, 3.8) is 0 Å². The zero-order valence-electron chi connectivity index (χ0n) is 10.0. The molecule has 1 atom stereocenters. The molecule has 0 heterocycles. The molecule has 1 amide bonds. The van der Waals surface area contributed by atoms with E-state index in [0.29, 0.717) is 12.1 Å². The maximum Gasteiger partial charge on any atom is 0.257 e. The molecular weight excluding hydrogens is 247 g/mol. The van der Waals surface area contributed by atoms with Crippen LogP contribution in [0.5, 0.6) is 0 Å². The number of nitrogens with one attached hydrogen (secondary N) is 1. The minimum Gasteiger partial charge on any atom is -0.394 e. The van der Waals surface area contributed by atoms with Crippen molar-refractivity contribution in [2.45, 2.75) is 19.9 Å². The zero-order valence-corrected chi connectivity index (χ0v) is 10.0. The van der Waals surface area contributed by atoms with Crippen LogP contribution >= 0.6 is 0 Å². The number of benzene rings is 1. The quantitative estimate of drug-likeness (QED) is 0.869. The smallest absolute Gasteiger partial charge is 0.257 e. The number of carbonyl (C=O) groups is 1. The standard InChI is InChI=1S/C12H14F3NO2/c1-6(2)10(5-17)16-12(18)11-8(14)3-7(13)4-9(11)15/h3-4,6,10,17H,5H2,1-2H3,(H,16,18). The lowest BCUT2D eigenvalue weighted by Gasteiger charge is -2.20. The van der Waals surface area contributed by atoms with Crippen molar-refractivity contribution in [3.8, 4) is 0 Å². The second-order valence-electron chi connectivity index (χ2n) is 4.25. The van der Waals surface area contributed by atoms with Crippen molar-refractivity contribution >= 4 is 5.91 Å². The van der Waals surface area contributed by atoms with Gasteiger partial charge in [0.1, 0.15) is 23.0 Å². The van der Waals surface area contributed by atoms with Crippen LogP contribution in [0.3, 0.4) is 0 Å². The zero-order chi connectivity index (χ0) is 13.9. The van der Waals surface area contributed by atoms with E-state index >= 15 is 0 Å². The highest BCUT2D eigenvalue weighted by atomic mass is 19.1. The number of carbonyl (C=O) groups excluding carboxylic acids is 1. The molecule has 0 aliphatic rings. The van der Waals surface area contributed by atoms with Crippen LogP contribution in [0.2, 0.25) is 0 Å². The molecule has 0 aliphatic carbocycles. The van der Waals surface area contributed by atoms with Gasteiger partial charge in [0.2, 0.25) is 0 Å². The molecular formula is C12H14F3NO2. The maximum absolute atomic E-state index is 13.3. The van der Waals surface area contributed by atoms with Crippen molar-refractivity contribution in [2.75, 3.05) is 6.61 Å². The number of aliphatic hydroxyl groups is 1. The molecule has 0 saturated carbocycles. The van der Waals surface area contributed by atoms with E-state index in [1.54, 1.807) is 13.8 Å². The summed E-state index contributed by atoms with van der Waals surface area (Å²) >= 11 is 0. The van der Waals surface area contributed by atoms with Crippen molar-refractivity contribution in [1.29, 1.82) is 0 Å². The van der Waals surface area contributed by atoms with Crippen molar-refractivity contribution in [3.05, 3.63) is 35.1 Å². The van der Waals surface area contributed by atoms with Crippen LogP contribution in [0.25, 0.3) is 0 Å². The number of rotatable bonds is 4. The van der Waals surface area contributed by atoms with E-state index in [4.69, 9.17) is 5.11 Å². The van der Waals surface area contributed by atoms with Crippen LogP contribution in [0, 0.1) is 23.4 Å². The molecule has 0 bridgehead atoms. The fraction of sp³-hybridized carbons (Fsp3) is 0.417. The highest BCUT2D eigenvalue weighted by Gasteiger charge is 2.22. The van der Waals surface area contributed by atoms with E-state index in [9.17, 15) is 18.0 Å². The molecule has 0 aliphatic heterocycles.